The molecule has 0 spiro atoms. The van der Waals surface area contributed by atoms with Crippen LogP contribution in [0.1, 0.15) is 5.56 Å². The lowest BCUT2D eigenvalue weighted by Crippen LogP contribution is -2.05. The Labute approximate surface area is 136 Å². The van der Waals surface area contributed by atoms with Gasteiger partial charge in [0.1, 0.15) is 23.0 Å². The fourth-order valence-electron chi connectivity index (χ4n) is 2.19. The fraction of sp³-hybridized carbons (Fsp3) is 0.111. The van der Waals surface area contributed by atoms with Crippen LogP contribution in [0.4, 0.5) is 13.2 Å². The van der Waals surface area contributed by atoms with Crippen LogP contribution in [0.15, 0.2) is 65.3 Å². The SMILES string of the molecule is COc1ccc(Oc2ccc(C(F)(F)F)cc2-c2ccco2)cc1. The molecule has 6 heteroatoms. The molecule has 3 nitrogen and oxygen atoms in total. The van der Waals surface area contributed by atoms with Gasteiger partial charge in [0.2, 0.25) is 0 Å². The summed E-state index contributed by atoms with van der Waals surface area (Å²) in [5.41, 5.74) is -0.540. The number of alkyl halides is 3. The van der Waals surface area contributed by atoms with Crippen molar-refractivity contribution in [3.05, 3.63) is 66.4 Å². The molecule has 124 valence electrons. The lowest BCUT2D eigenvalue weighted by molar-refractivity contribution is -0.137. The Morgan fingerprint density at radius 3 is 2.21 bits per heavy atom. The first-order valence-electron chi connectivity index (χ1n) is 7.04. The predicted octanol–water partition coefficient (Wildman–Crippen LogP) is 5.77. The Morgan fingerprint density at radius 1 is 0.917 bits per heavy atom. The molecular formula is C18H13F3O3. The van der Waals surface area contributed by atoms with Gasteiger partial charge < -0.3 is 13.9 Å². The van der Waals surface area contributed by atoms with Gasteiger partial charge in [-0.3, -0.25) is 0 Å². The van der Waals surface area contributed by atoms with Gasteiger partial charge in [0.15, 0.2) is 0 Å². The molecule has 1 heterocycles. The van der Waals surface area contributed by atoms with E-state index in [-0.39, 0.29) is 11.3 Å². The Balaban J connectivity index is 2.00. The smallest absolute Gasteiger partial charge is 0.416 e. The maximum absolute atomic E-state index is 13.0. The number of methoxy groups -OCH3 is 1. The summed E-state index contributed by atoms with van der Waals surface area (Å²) < 4.78 is 54.9. The van der Waals surface area contributed by atoms with Gasteiger partial charge in [0, 0.05) is 0 Å². The van der Waals surface area contributed by atoms with Crippen LogP contribution < -0.4 is 9.47 Å². The molecule has 3 rings (SSSR count). The topological polar surface area (TPSA) is 31.6 Å². The largest absolute Gasteiger partial charge is 0.497 e. The Hall–Kier alpha value is -2.89. The number of benzene rings is 2. The maximum Gasteiger partial charge on any atom is 0.416 e. The van der Waals surface area contributed by atoms with E-state index in [0.29, 0.717) is 17.3 Å². The van der Waals surface area contributed by atoms with E-state index in [9.17, 15) is 13.2 Å². The van der Waals surface area contributed by atoms with Crippen LogP contribution in [0.2, 0.25) is 0 Å². The number of hydrogen-bond acceptors (Lipinski definition) is 3. The molecule has 0 amide bonds. The van der Waals surface area contributed by atoms with Crippen molar-refractivity contribution in [3.63, 3.8) is 0 Å². The summed E-state index contributed by atoms with van der Waals surface area (Å²) >= 11 is 0. The van der Waals surface area contributed by atoms with E-state index >= 15 is 0 Å². The molecule has 0 atom stereocenters. The van der Waals surface area contributed by atoms with E-state index in [1.165, 1.54) is 12.3 Å². The number of rotatable bonds is 4. The highest BCUT2D eigenvalue weighted by Crippen LogP contribution is 2.39. The van der Waals surface area contributed by atoms with Crippen molar-refractivity contribution in [2.24, 2.45) is 0 Å². The molecule has 0 fully saturated rings. The zero-order valence-electron chi connectivity index (χ0n) is 12.6. The average Bonchev–Trinajstić information content (AvgIpc) is 3.09. The van der Waals surface area contributed by atoms with Crippen LogP contribution >= 0.6 is 0 Å². The van der Waals surface area contributed by atoms with Crippen LogP contribution in [-0.4, -0.2) is 7.11 Å². The predicted molar refractivity (Wildman–Crippen MR) is 82.2 cm³/mol. The standard InChI is InChI=1S/C18H13F3O3/c1-22-13-5-7-14(8-6-13)24-17-9-4-12(18(19,20)21)11-15(17)16-3-2-10-23-16/h2-11H,1H3. The van der Waals surface area contributed by atoms with Gasteiger partial charge in [0.05, 0.1) is 24.5 Å². The summed E-state index contributed by atoms with van der Waals surface area (Å²) in [6.07, 6.45) is -3.05. The molecule has 24 heavy (non-hydrogen) atoms. The molecule has 0 saturated carbocycles. The summed E-state index contributed by atoms with van der Waals surface area (Å²) in [5.74, 6) is 1.69. The van der Waals surface area contributed by atoms with E-state index in [1.807, 2.05) is 0 Å². The average molecular weight is 334 g/mol. The molecule has 0 aliphatic heterocycles. The van der Waals surface area contributed by atoms with Crippen LogP contribution in [0.3, 0.4) is 0 Å². The van der Waals surface area contributed by atoms with Gasteiger partial charge in [0.25, 0.3) is 0 Å². The van der Waals surface area contributed by atoms with Crippen molar-refractivity contribution in [2.45, 2.75) is 6.18 Å². The van der Waals surface area contributed by atoms with E-state index in [1.54, 1.807) is 43.5 Å². The highest BCUT2D eigenvalue weighted by Gasteiger charge is 2.31. The highest BCUT2D eigenvalue weighted by molar-refractivity contribution is 5.67. The molecule has 0 bridgehead atoms. The van der Waals surface area contributed by atoms with Gasteiger partial charge in [-0.2, -0.15) is 13.2 Å². The van der Waals surface area contributed by atoms with Gasteiger partial charge in [-0.15, -0.1) is 0 Å². The summed E-state index contributed by atoms with van der Waals surface area (Å²) in [6, 6.07) is 13.2. The fourth-order valence-corrected chi connectivity index (χ4v) is 2.19. The third kappa shape index (κ3) is 3.37. The van der Waals surface area contributed by atoms with Crippen LogP contribution in [0.25, 0.3) is 11.3 Å². The van der Waals surface area contributed by atoms with Crippen molar-refractivity contribution < 1.29 is 27.1 Å². The van der Waals surface area contributed by atoms with Gasteiger partial charge in [-0.1, -0.05) is 0 Å². The minimum absolute atomic E-state index is 0.227. The first-order chi connectivity index (χ1) is 11.5. The lowest BCUT2D eigenvalue weighted by Gasteiger charge is -2.13. The normalized spacial score (nSPS) is 11.3. The second-order valence-corrected chi connectivity index (χ2v) is 4.96. The molecule has 0 unspecified atom stereocenters. The molecule has 2 aromatic carbocycles. The van der Waals surface area contributed by atoms with Crippen LogP contribution in [0, 0.1) is 0 Å². The second-order valence-electron chi connectivity index (χ2n) is 4.96. The van der Waals surface area contributed by atoms with Gasteiger partial charge in [-0.05, 0) is 54.6 Å². The third-order valence-electron chi connectivity index (χ3n) is 3.38. The minimum Gasteiger partial charge on any atom is -0.497 e. The zero-order chi connectivity index (χ0) is 17.2. The molecule has 0 N–H and O–H groups in total. The quantitative estimate of drug-likeness (QED) is 0.607. The first kappa shape index (κ1) is 16.0. The highest BCUT2D eigenvalue weighted by atomic mass is 19.4. The molecular weight excluding hydrogens is 321 g/mol. The van der Waals surface area contributed by atoms with E-state index in [0.717, 1.165) is 12.1 Å². The van der Waals surface area contributed by atoms with Crippen molar-refractivity contribution in [2.75, 3.05) is 7.11 Å². The number of halogens is 3. The first-order valence-corrected chi connectivity index (χ1v) is 7.04. The summed E-state index contributed by atoms with van der Waals surface area (Å²) in [7, 11) is 1.54. The van der Waals surface area contributed by atoms with Crippen molar-refractivity contribution in [1.82, 2.24) is 0 Å². The van der Waals surface area contributed by atoms with Crippen LogP contribution in [0.5, 0.6) is 17.2 Å². The summed E-state index contributed by atoms with van der Waals surface area (Å²) in [4.78, 5) is 0. The summed E-state index contributed by atoms with van der Waals surface area (Å²) in [5, 5.41) is 0. The molecule has 0 radical (unpaired) electrons. The van der Waals surface area contributed by atoms with Crippen molar-refractivity contribution in [3.8, 4) is 28.6 Å². The Bertz CT molecular complexity index is 807. The second kappa shape index (κ2) is 6.31. The monoisotopic (exact) mass is 334 g/mol. The third-order valence-corrected chi connectivity index (χ3v) is 3.38. The lowest BCUT2D eigenvalue weighted by atomic mass is 10.1. The number of furan rings is 1. The number of hydrogen-bond donors (Lipinski definition) is 0. The minimum atomic E-state index is -4.44. The molecule has 0 aliphatic carbocycles. The molecule has 0 saturated heterocycles. The van der Waals surface area contributed by atoms with E-state index in [2.05, 4.69) is 0 Å². The molecule has 1 aromatic heterocycles. The molecule has 3 aromatic rings. The van der Waals surface area contributed by atoms with Gasteiger partial charge in [-0.25, -0.2) is 0 Å². The van der Waals surface area contributed by atoms with Crippen molar-refractivity contribution in [1.29, 1.82) is 0 Å². The van der Waals surface area contributed by atoms with E-state index < -0.39 is 11.7 Å². The Morgan fingerprint density at radius 2 is 1.62 bits per heavy atom. The maximum atomic E-state index is 13.0. The van der Waals surface area contributed by atoms with E-state index in [4.69, 9.17) is 13.9 Å². The van der Waals surface area contributed by atoms with Gasteiger partial charge >= 0.3 is 6.18 Å². The Kier molecular flexibility index (Phi) is 4.20. The van der Waals surface area contributed by atoms with Crippen LogP contribution in [-0.2, 0) is 6.18 Å². The van der Waals surface area contributed by atoms with Crippen molar-refractivity contribution >= 4 is 0 Å². The number of ether oxygens (including phenoxy) is 2. The summed E-state index contributed by atoms with van der Waals surface area (Å²) in [6.45, 7) is 0. The molecule has 0 aliphatic rings. The zero-order valence-corrected chi connectivity index (χ0v) is 12.6.